The lowest BCUT2D eigenvalue weighted by Gasteiger charge is -2.00. The number of carbonyl (C=O) groups excluding carboxylic acids is 1. The van der Waals surface area contributed by atoms with E-state index in [1.165, 1.54) is 11.3 Å². The molecule has 2 aromatic heterocycles. The van der Waals surface area contributed by atoms with Gasteiger partial charge in [-0.05, 0) is 13.8 Å². The minimum atomic E-state index is -0.280. The van der Waals surface area contributed by atoms with E-state index in [9.17, 15) is 4.79 Å². The van der Waals surface area contributed by atoms with Gasteiger partial charge >= 0.3 is 0 Å². The van der Waals surface area contributed by atoms with E-state index < -0.39 is 0 Å². The fourth-order valence-electron chi connectivity index (χ4n) is 1.18. The molecule has 0 unspecified atom stereocenters. The van der Waals surface area contributed by atoms with Crippen LogP contribution in [-0.2, 0) is 6.54 Å². The third kappa shape index (κ3) is 2.25. The topological polar surface area (TPSA) is 83.6 Å². The molecule has 0 aromatic carbocycles. The summed E-state index contributed by atoms with van der Waals surface area (Å²) >= 11 is 1.52. The zero-order valence-corrected chi connectivity index (χ0v) is 9.76. The second-order valence-electron chi connectivity index (χ2n) is 3.29. The molecule has 16 heavy (non-hydrogen) atoms. The molecule has 0 radical (unpaired) electrons. The predicted octanol–water partition coefficient (Wildman–Crippen LogP) is 0.808. The number of hydrogen-bond acceptors (Lipinski definition) is 5. The maximum atomic E-state index is 11.6. The van der Waals surface area contributed by atoms with Gasteiger partial charge < -0.3 is 5.32 Å². The molecule has 6 nitrogen and oxygen atoms in total. The van der Waals surface area contributed by atoms with Gasteiger partial charge in [0.25, 0.3) is 5.91 Å². The number of amides is 1. The number of thiazole rings is 1. The van der Waals surface area contributed by atoms with E-state index in [0.29, 0.717) is 12.4 Å². The maximum absolute atomic E-state index is 11.6. The number of carbonyl (C=O) groups is 1. The predicted molar refractivity (Wildman–Crippen MR) is 59.1 cm³/mol. The Hall–Kier alpha value is -1.76. The van der Waals surface area contributed by atoms with Gasteiger partial charge in [-0.3, -0.25) is 9.89 Å². The van der Waals surface area contributed by atoms with Crippen LogP contribution in [0, 0.1) is 13.8 Å². The largest absolute Gasteiger partial charge is 0.344 e. The summed E-state index contributed by atoms with van der Waals surface area (Å²) in [4.78, 5) is 20.7. The molecule has 0 spiro atoms. The van der Waals surface area contributed by atoms with Crippen molar-refractivity contribution in [1.82, 2.24) is 25.5 Å². The van der Waals surface area contributed by atoms with Crippen LogP contribution in [0.3, 0.4) is 0 Å². The van der Waals surface area contributed by atoms with E-state index in [1.807, 2.05) is 6.92 Å². The number of hydrogen-bond donors (Lipinski definition) is 2. The van der Waals surface area contributed by atoms with E-state index in [1.54, 1.807) is 12.4 Å². The van der Waals surface area contributed by atoms with Crippen LogP contribution in [0.4, 0.5) is 0 Å². The highest BCUT2D eigenvalue weighted by Gasteiger charge is 2.11. The highest BCUT2D eigenvalue weighted by atomic mass is 32.1. The number of rotatable bonds is 3. The molecular weight excluding hydrogens is 226 g/mol. The van der Waals surface area contributed by atoms with Crippen molar-refractivity contribution in [3.05, 3.63) is 27.7 Å². The first-order valence-electron chi connectivity index (χ1n) is 4.73. The zero-order chi connectivity index (χ0) is 11.5. The Morgan fingerprint density at radius 3 is 2.94 bits per heavy atom. The van der Waals surface area contributed by atoms with Gasteiger partial charge in [0.05, 0.1) is 17.7 Å². The summed E-state index contributed by atoms with van der Waals surface area (Å²) in [6.45, 7) is 4.12. The number of aryl methyl sites for hydroxylation is 2. The minimum Gasteiger partial charge on any atom is -0.344 e. The Kier molecular flexibility index (Phi) is 2.95. The van der Waals surface area contributed by atoms with Gasteiger partial charge in [0, 0.05) is 4.88 Å². The van der Waals surface area contributed by atoms with E-state index in [0.717, 1.165) is 10.6 Å². The Labute approximate surface area is 96.1 Å². The summed E-state index contributed by atoms with van der Waals surface area (Å²) in [5.41, 5.74) is 2.70. The normalized spacial score (nSPS) is 10.4. The van der Waals surface area contributed by atoms with Gasteiger partial charge in [0.15, 0.2) is 0 Å². The number of nitrogens with zero attached hydrogens (tertiary/aromatic N) is 3. The summed E-state index contributed by atoms with van der Waals surface area (Å²) < 4.78 is 0. The van der Waals surface area contributed by atoms with Crippen LogP contribution in [-0.4, -0.2) is 26.1 Å². The first kappa shape index (κ1) is 10.7. The summed E-state index contributed by atoms with van der Waals surface area (Å²) in [7, 11) is 0. The second-order valence-corrected chi connectivity index (χ2v) is 4.23. The van der Waals surface area contributed by atoms with Crippen molar-refractivity contribution in [1.29, 1.82) is 0 Å². The quantitative estimate of drug-likeness (QED) is 0.827. The molecule has 0 aliphatic rings. The maximum Gasteiger partial charge on any atom is 0.291 e. The van der Waals surface area contributed by atoms with Crippen LogP contribution in [0.25, 0.3) is 0 Å². The fraction of sp³-hybridized carbons (Fsp3) is 0.333. The van der Waals surface area contributed by atoms with Gasteiger partial charge in [0.1, 0.15) is 5.82 Å². The molecule has 0 saturated heterocycles. The highest BCUT2D eigenvalue weighted by Crippen LogP contribution is 2.11. The highest BCUT2D eigenvalue weighted by molar-refractivity contribution is 7.09. The molecule has 0 saturated carbocycles. The first-order valence-corrected chi connectivity index (χ1v) is 5.61. The molecule has 2 heterocycles. The summed E-state index contributed by atoms with van der Waals surface area (Å²) in [5.74, 6) is 0.510. The fourth-order valence-corrected chi connectivity index (χ4v) is 1.90. The summed E-state index contributed by atoms with van der Waals surface area (Å²) in [5, 5.41) is 9.14. The Morgan fingerprint density at radius 2 is 2.38 bits per heavy atom. The number of nitrogens with one attached hydrogen (secondary N) is 2. The third-order valence-corrected chi connectivity index (χ3v) is 2.99. The number of H-pyrrole nitrogens is 1. The van der Waals surface area contributed by atoms with Crippen LogP contribution >= 0.6 is 11.3 Å². The SMILES string of the molecule is Cc1nc(C(=O)NCc2scnc2C)n[nH]1. The molecule has 84 valence electrons. The minimum absolute atomic E-state index is 0.166. The van der Waals surface area contributed by atoms with Crippen LogP contribution in [0.2, 0.25) is 0 Å². The molecule has 7 heteroatoms. The molecule has 0 fully saturated rings. The second kappa shape index (κ2) is 4.40. The molecule has 0 bridgehead atoms. The average molecular weight is 237 g/mol. The van der Waals surface area contributed by atoms with E-state index in [2.05, 4.69) is 25.5 Å². The average Bonchev–Trinajstić information content (AvgIpc) is 2.84. The summed E-state index contributed by atoms with van der Waals surface area (Å²) in [6, 6.07) is 0. The molecule has 0 aliphatic heterocycles. The zero-order valence-electron chi connectivity index (χ0n) is 8.94. The van der Waals surface area contributed by atoms with Crippen LogP contribution in [0.5, 0.6) is 0 Å². The van der Waals surface area contributed by atoms with Crippen molar-refractivity contribution >= 4 is 17.2 Å². The van der Waals surface area contributed by atoms with Crippen LogP contribution in [0.15, 0.2) is 5.51 Å². The van der Waals surface area contributed by atoms with Crippen molar-refractivity contribution in [3.8, 4) is 0 Å². The van der Waals surface area contributed by atoms with Gasteiger partial charge in [-0.15, -0.1) is 16.4 Å². The van der Waals surface area contributed by atoms with Crippen LogP contribution < -0.4 is 5.32 Å². The molecule has 2 rings (SSSR count). The van der Waals surface area contributed by atoms with Crippen molar-refractivity contribution in [2.45, 2.75) is 20.4 Å². The van der Waals surface area contributed by atoms with E-state index >= 15 is 0 Å². The number of aromatic amines is 1. The standard InChI is InChI=1S/C9H11N5OS/c1-5-7(16-4-11-5)3-10-9(15)8-12-6(2)13-14-8/h4H,3H2,1-2H3,(H,10,15)(H,12,13,14). The molecule has 1 amide bonds. The molecule has 2 aromatic rings. The van der Waals surface area contributed by atoms with Gasteiger partial charge in [-0.2, -0.15) is 0 Å². The third-order valence-electron chi connectivity index (χ3n) is 2.05. The lowest BCUT2D eigenvalue weighted by atomic mass is 10.4. The van der Waals surface area contributed by atoms with Gasteiger partial charge in [-0.25, -0.2) is 9.97 Å². The Bertz CT molecular complexity index is 503. The Morgan fingerprint density at radius 1 is 1.56 bits per heavy atom. The first-order chi connectivity index (χ1) is 7.66. The van der Waals surface area contributed by atoms with Crippen molar-refractivity contribution in [2.24, 2.45) is 0 Å². The molecule has 0 atom stereocenters. The van der Waals surface area contributed by atoms with Crippen molar-refractivity contribution in [2.75, 3.05) is 0 Å². The smallest absolute Gasteiger partial charge is 0.291 e. The van der Waals surface area contributed by atoms with Gasteiger partial charge in [0.2, 0.25) is 5.82 Å². The lowest BCUT2D eigenvalue weighted by Crippen LogP contribution is -2.23. The number of aromatic nitrogens is 4. The van der Waals surface area contributed by atoms with Gasteiger partial charge in [-0.1, -0.05) is 0 Å². The van der Waals surface area contributed by atoms with Crippen molar-refractivity contribution in [3.63, 3.8) is 0 Å². The Balaban J connectivity index is 1.96. The molecule has 0 aliphatic carbocycles. The monoisotopic (exact) mass is 237 g/mol. The lowest BCUT2D eigenvalue weighted by molar-refractivity contribution is 0.0941. The summed E-state index contributed by atoms with van der Waals surface area (Å²) in [6.07, 6.45) is 0. The van der Waals surface area contributed by atoms with Crippen molar-refractivity contribution < 1.29 is 4.79 Å². The van der Waals surface area contributed by atoms with Crippen LogP contribution in [0.1, 0.15) is 27.0 Å². The molecule has 2 N–H and O–H groups in total. The van der Waals surface area contributed by atoms with E-state index in [-0.39, 0.29) is 11.7 Å². The van der Waals surface area contributed by atoms with E-state index in [4.69, 9.17) is 0 Å². The molecular formula is C9H11N5OS.